The van der Waals surface area contributed by atoms with Gasteiger partial charge in [0.2, 0.25) is 5.92 Å². The number of rotatable bonds is 7. The summed E-state index contributed by atoms with van der Waals surface area (Å²) in [6.45, 7) is 3.93. The summed E-state index contributed by atoms with van der Waals surface area (Å²) < 4.78 is 39.6. The first-order chi connectivity index (χ1) is 17.1. The van der Waals surface area contributed by atoms with Crippen molar-refractivity contribution < 1.29 is 54.2 Å². The number of esters is 1. The first-order valence-corrected chi connectivity index (χ1v) is 12.5. The van der Waals surface area contributed by atoms with E-state index >= 15 is 0 Å². The molecule has 4 fully saturated rings. The molecule has 2 unspecified atom stereocenters. The van der Waals surface area contributed by atoms with Crippen molar-refractivity contribution in [1.82, 2.24) is 5.16 Å². The summed E-state index contributed by atoms with van der Waals surface area (Å²) >= 11 is 0. The van der Waals surface area contributed by atoms with Gasteiger partial charge in [0, 0.05) is 43.6 Å². The van der Waals surface area contributed by atoms with Crippen molar-refractivity contribution in [3.05, 3.63) is 47.7 Å². The van der Waals surface area contributed by atoms with Gasteiger partial charge < -0.3 is 41.1 Å². The van der Waals surface area contributed by atoms with E-state index in [4.69, 9.17) is 9.26 Å². The average Bonchev–Trinajstić information content (AvgIpc) is 3.43. The number of carbonyl (C=O) groups is 2. The molecule has 1 aliphatic carbocycles. The smallest absolute Gasteiger partial charge is 0.343 e. The number of nitrogens with one attached hydrogen (secondary N) is 1. The number of hydrogen-bond acceptors (Lipinski definition) is 6. The van der Waals surface area contributed by atoms with Gasteiger partial charge in [-0.15, -0.1) is 0 Å². The Morgan fingerprint density at radius 3 is 2.54 bits per heavy atom. The van der Waals surface area contributed by atoms with Gasteiger partial charge in [0.1, 0.15) is 12.3 Å². The molecule has 2 aromatic rings. The summed E-state index contributed by atoms with van der Waals surface area (Å²) in [6, 6.07) is 9.89. The molecule has 3 saturated heterocycles. The largest absolute Gasteiger partial charge is 1.00 e. The van der Waals surface area contributed by atoms with Gasteiger partial charge in [0.15, 0.2) is 24.1 Å². The molecule has 3 aliphatic heterocycles. The van der Waals surface area contributed by atoms with Crippen molar-refractivity contribution in [1.29, 1.82) is 0 Å². The van der Waals surface area contributed by atoms with Crippen LogP contribution in [-0.4, -0.2) is 64.8 Å². The van der Waals surface area contributed by atoms with Gasteiger partial charge in [-0.1, -0.05) is 35.5 Å². The van der Waals surface area contributed by atoms with E-state index < -0.39 is 35.9 Å². The van der Waals surface area contributed by atoms with Crippen LogP contribution in [0.25, 0.3) is 0 Å². The molecule has 8 nitrogen and oxygen atoms in total. The predicted octanol–water partition coefficient (Wildman–Crippen LogP) is 0.401. The summed E-state index contributed by atoms with van der Waals surface area (Å²) in [5.41, 5.74) is -1.88. The number of aromatic nitrogens is 1. The molecule has 1 aromatic carbocycles. The maximum atomic E-state index is 14.1. The Morgan fingerprint density at radius 1 is 1.24 bits per heavy atom. The summed E-state index contributed by atoms with van der Waals surface area (Å²) in [6.07, 6.45) is 0.150. The minimum Gasteiger partial charge on any atom is -1.00 e. The second kappa shape index (κ2) is 10.4. The minimum absolute atomic E-state index is 0. The zero-order valence-corrected chi connectivity index (χ0v) is 22.3. The number of aliphatic hydroxyl groups is 1. The van der Waals surface area contributed by atoms with Gasteiger partial charge in [-0.05, 0) is 18.9 Å². The van der Waals surface area contributed by atoms with Crippen LogP contribution in [0.1, 0.15) is 43.4 Å². The van der Waals surface area contributed by atoms with E-state index in [2.05, 4.69) is 10.5 Å². The van der Waals surface area contributed by atoms with Crippen LogP contribution in [0.3, 0.4) is 0 Å². The lowest BCUT2D eigenvalue weighted by molar-refractivity contribution is -0.939. The number of amides is 1. The molecule has 2 N–H and O–H groups in total. The topological polar surface area (TPSA) is 102 Å². The van der Waals surface area contributed by atoms with E-state index in [1.807, 2.05) is 0 Å². The standard InChI is InChI=1S/C26H31F2N3O5.BrH/c1-17-13-22(30-36-17)29-23(32)16-31-11-8-18(9-12-31)21(15-31)35-24(33)26(34,19-5-3-2-4-6-19)20-7-10-25(27,28)14-20;/h2-6,13,18,20-21,34H,7-12,14-16H2,1H3;1H/t18?,20?,21?,26-,31?;/m0./s1. The summed E-state index contributed by atoms with van der Waals surface area (Å²) in [4.78, 5) is 26.3. The van der Waals surface area contributed by atoms with Gasteiger partial charge in [-0.3, -0.25) is 4.79 Å². The number of anilines is 1. The van der Waals surface area contributed by atoms with Crippen LogP contribution in [0.5, 0.6) is 0 Å². The summed E-state index contributed by atoms with van der Waals surface area (Å²) in [7, 11) is 0. The van der Waals surface area contributed by atoms with E-state index in [9.17, 15) is 23.5 Å². The van der Waals surface area contributed by atoms with Crippen molar-refractivity contribution in [2.45, 2.75) is 56.7 Å². The fraction of sp³-hybridized carbons (Fsp3) is 0.577. The molecule has 37 heavy (non-hydrogen) atoms. The molecule has 0 spiro atoms. The molecule has 1 aromatic heterocycles. The minimum atomic E-state index is -2.92. The van der Waals surface area contributed by atoms with Crippen LogP contribution in [0, 0.1) is 18.8 Å². The number of fused-ring (bicyclic) bond motifs is 3. The molecule has 2 bridgehead atoms. The predicted molar refractivity (Wildman–Crippen MR) is 125 cm³/mol. The second-order valence-electron chi connectivity index (χ2n) is 10.7. The maximum absolute atomic E-state index is 14.1. The highest BCUT2D eigenvalue weighted by Gasteiger charge is 2.56. The zero-order valence-electron chi connectivity index (χ0n) is 20.7. The quantitative estimate of drug-likeness (QED) is 0.361. The normalized spacial score (nSPS) is 29.7. The number of nitrogens with zero attached hydrogens (tertiary/aromatic N) is 2. The van der Waals surface area contributed by atoms with Gasteiger partial charge >= 0.3 is 5.97 Å². The van der Waals surface area contributed by atoms with E-state index in [1.165, 1.54) is 0 Å². The molecule has 0 radical (unpaired) electrons. The highest BCUT2D eigenvalue weighted by molar-refractivity contribution is 5.90. The van der Waals surface area contributed by atoms with Crippen molar-refractivity contribution in [2.24, 2.45) is 11.8 Å². The first-order valence-electron chi connectivity index (χ1n) is 12.5. The molecule has 202 valence electrons. The Labute approximate surface area is 224 Å². The number of alkyl halides is 2. The van der Waals surface area contributed by atoms with Gasteiger partial charge in [-0.2, -0.15) is 0 Å². The van der Waals surface area contributed by atoms with Crippen molar-refractivity contribution in [3.8, 4) is 0 Å². The van der Waals surface area contributed by atoms with Crippen LogP contribution in [0.4, 0.5) is 14.6 Å². The molecular weight excluding hydrogens is 552 g/mol. The van der Waals surface area contributed by atoms with Crippen LogP contribution in [0.15, 0.2) is 40.9 Å². The zero-order chi connectivity index (χ0) is 25.6. The lowest BCUT2D eigenvalue weighted by Crippen LogP contribution is -3.00. The van der Waals surface area contributed by atoms with E-state index in [1.54, 1.807) is 43.3 Å². The molecule has 3 atom stereocenters. The molecule has 1 saturated carbocycles. The van der Waals surface area contributed by atoms with E-state index in [0.29, 0.717) is 22.6 Å². The Hall–Kier alpha value is -2.37. The van der Waals surface area contributed by atoms with Crippen molar-refractivity contribution in [2.75, 3.05) is 31.5 Å². The highest BCUT2D eigenvalue weighted by Crippen LogP contribution is 2.48. The third-order valence-electron chi connectivity index (χ3n) is 8.19. The number of ether oxygens (including phenoxy) is 1. The molecule has 4 heterocycles. The number of aryl methyl sites for hydroxylation is 1. The molecular formula is C26H32BrF2N3O5. The molecule has 1 amide bonds. The Kier molecular flexibility index (Phi) is 7.79. The Balaban J connectivity index is 0.00000320. The third-order valence-corrected chi connectivity index (χ3v) is 8.19. The highest BCUT2D eigenvalue weighted by atomic mass is 79.9. The third kappa shape index (κ3) is 5.58. The lowest BCUT2D eigenvalue weighted by Gasteiger charge is -2.51. The van der Waals surface area contributed by atoms with Gasteiger partial charge in [0.25, 0.3) is 5.91 Å². The van der Waals surface area contributed by atoms with Crippen LogP contribution >= 0.6 is 0 Å². The number of hydrogen-bond donors (Lipinski definition) is 2. The number of halogens is 3. The fourth-order valence-electron chi connectivity index (χ4n) is 6.24. The number of carbonyl (C=O) groups excluding carboxylic acids is 2. The monoisotopic (exact) mass is 583 g/mol. The number of benzene rings is 1. The van der Waals surface area contributed by atoms with E-state index in [0.717, 1.165) is 25.9 Å². The first kappa shape index (κ1) is 27.7. The Morgan fingerprint density at radius 2 is 1.95 bits per heavy atom. The Bertz CT molecular complexity index is 1120. The SMILES string of the molecule is Cc1cc(NC(=O)C[N+]23CCC(CC2)C(OC(=O)[C@](O)(c2ccccc2)C2CCC(F)(F)C2)C3)no1.[Br-]. The maximum Gasteiger partial charge on any atom is 0.343 e. The average molecular weight is 584 g/mol. The number of piperidine rings is 3. The number of quaternary nitrogens is 1. The van der Waals surface area contributed by atoms with Crippen LogP contribution in [0.2, 0.25) is 0 Å². The summed E-state index contributed by atoms with van der Waals surface area (Å²) in [5.74, 6) is -3.89. The van der Waals surface area contributed by atoms with Crippen molar-refractivity contribution >= 4 is 17.7 Å². The van der Waals surface area contributed by atoms with Crippen LogP contribution in [-0.2, 0) is 19.9 Å². The van der Waals surface area contributed by atoms with Gasteiger partial charge in [-0.25, -0.2) is 13.6 Å². The molecule has 6 rings (SSSR count). The summed E-state index contributed by atoms with van der Waals surface area (Å²) in [5, 5.41) is 18.2. The molecule has 11 heteroatoms. The van der Waals surface area contributed by atoms with Gasteiger partial charge in [0.05, 0.1) is 13.1 Å². The fourth-order valence-corrected chi connectivity index (χ4v) is 6.24. The second-order valence-corrected chi connectivity index (χ2v) is 10.7. The molecule has 4 aliphatic rings. The lowest BCUT2D eigenvalue weighted by atomic mass is 9.79. The van der Waals surface area contributed by atoms with Crippen molar-refractivity contribution in [3.63, 3.8) is 0 Å². The van der Waals surface area contributed by atoms with Crippen LogP contribution < -0.4 is 22.3 Å². The van der Waals surface area contributed by atoms with E-state index in [-0.39, 0.29) is 53.8 Å².